The molecule has 0 N–H and O–H groups in total. The molecule has 0 heterocycles. The summed E-state index contributed by atoms with van der Waals surface area (Å²) in [6.45, 7) is 1.67. The van der Waals surface area contributed by atoms with Gasteiger partial charge < -0.3 is 4.74 Å². The maximum Gasteiger partial charge on any atom is 0.0477 e. The number of unbranched alkanes of at least 4 members (excludes halogenated alkanes) is 1. The second kappa shape index (κ2) is 8.75. The molecule has 0 atom stereocenters. The minimum atomic E-state index is 0.698. The summed E-state index contributed by atoms with van der Waals surface area (Å²) in [6.07, 6.45) is 4.45. The molecule has 0 aliphatic heterocycles. The van der Waals surface area contributed by atoms with E-state index in [-0.39, 0.29) is 0 Å². The number of hydrogen-bond acceptors (Lipinski definition) is 1. The summed E-state index contributed by atoms with van der Waals surface area (Å²) >= 11 is 5.54. The van der Waals surface area contributed by atoms with Crippen molar-refractivity contribution in [1.82, 2.24) is 0 Å². The highest BCUT2D eigenvalue weighted by Crippen LogP contribution is 2.04. The van der Waals surface area contributed by atoms with E-state index in [1.165, 1.54) is 12.0 Å². The van der Waals surface area contributed by atoms with Crippen LogP contribution in [0.2, 0.25) is 0 Å². The summed E-state index contributed by atoms with van der Waals surface area (Å²) in [6, 6.07) is 10.6. The van der Waals surface area contributed by atoms with Crippen LogP contribution in [0.5, 0.6) is 0 Å². The molecule has 1 rings (SSSR count). The summed E-state index contributed by atoms with van der Waals surface area (Å²) in [5, 5.41) is 0. The molecule has 0 fully saturated rings. The van der Waals surface area contributed by atoms with Crippen LogP contribution in [0.25, 0.3) is 0 Å². The first-order valence-electron chi connectivity index (χ1n) is 5.61. The highest BCUT2D eigenvalue weighted by Gasteiger charge is 1.92. The first-order chi connectivity index (χ1) is 7.43. The molecule has 0 bridgehead atoms. The molecule has 0 radical (unpaired) electrons. The van der Waals surface area contributed by atoms with Crippen molar-refractivity contribution in [2.24, 2.45) is 0 Å². The molecule has 0 spiro atoms. The molecular weight excluding hydrogens is 208 g/mol. The Morgan fingerprint density at radius 1 is 0.933 bits per heavy atom. The van der Waals surface area contributed by atoms with E-state index in [2.05, 4.69) is 30.3 Å². The normalized spacial score (nSPS) is 10.5. The van der Waals surface area contributed by atoms with Crippen molar-refractivity contribution in [2.45, 2.75) is 25.7 Å². The number of halogens is 1. The molecule has 0 aromatic heterocycles. The summed E-state index contributed by atoms with van der Waals surface area (Å²) < 4.78 is 5.43. The zero-order valence-corrected chi connectivity index (χ0v) is 9.88. The van der Waals surface area contributed by atoms with Crippen molar-refractivity contribution in [3.05, 3.63) is 35.9 Å². The van der Waals surface area contributed by atoms with Crippen molar-refractivity contribution in [3.63, 3.8) is 0 Å². The predicted octanol–water partition coefficient (Wildman–Crippen LogP) is 3.65. The lowest BCUT2D eigenvalue weighted by Gasteiger charge is -2.03. The van der Waals surface area contributed by atoms with Gasteiger partial charge in [-0.05, 0) is 31.2 Å². The quantitative estimate of drug-likeness (QED) is 0.486. The molecule has 0 unspecified atom stereocenters. The molecule has 1 nitrogen and oxygen atoms in total. The van der Waals surface area contributed by atoms with Crippen LogP contribution in [0.15, 0.2) is 30.3 Å². The Balaban J connectivity index is 1.93. The maximum absolute atomic E-state index is 5.54. The molecule has 1 aromatic rings. The van der Waals surface area contributed by atoms with Gasteiger partial charge in [0.2, 0.25) is 0 Å². The molecule has 0 amide bonds. The average Bonchev–Trinajstić information content (AvgIpc) is 2.29. The Labute approximate surface area is 97.4 Å². The topological polar surface area (TPSA) is 9.23 Å². The molecular formula is C13H19ClO. The van der Waals surface area contributed by atoms with Crippen LogP contribution in [0, 0.1) is 0 Å². The van der Waals surface area contributed by atoms with Gasteiger partial charge in [-0.25, -0.2) is 0 Å². The number of alkyl halides is 1. The second-order valence-electron chi connectivity index (χ2n) is 3.60. The Morgan fingerprint density at radius 2 is 1.67 bits per heavy atom. The highest BCUT2D eigenvalue weighted by atomic mass is 35.5. The van der Waals surface area contributed by atoms with Crippen LogP contribution in [0.1, 0.15) is 24.8 Å². The van der Waals surface area contributed by atoms with Gasteiger partial charge in [-0.15, -0.1) is 11.6 Å². The molecule has 2 heteroatoms. The summed E-state index contributed by atoms with van der Waals surface area (Å²) in [5.41, 5.74) is 1.42. The second-order valence-corrected chi connectivity index (χ2v) is 3.98. The van der Waals surface area contributed by atoms with Crippen molar-refractivity contribution >= 4 is 11.6 Å². The van der Waals surface area contributed by atoms with Crippen molar-refractivity contribution in [3.8, 4) is 0 Å². The first-order valence-corrected chi connectivity index (χ1v) is 6.14. The van der Waals surface area contributed by atoms with Crippen LogP contribution in [-0.2, 0) is 11.2 Å². The van der Waals surface area contributed by atoms with Gasteiger partial charge in [0.25, 0.3) is 0 Å². The molecule has 0 saturated carbocycles. The predicted molar refractivity (Wildman–Crippen MR) is 65.5 cm³/mol. The van der Waals surface area contributed by atoms with Crippen LogP contribution in [0.4, 0.5) is 0 Å². The third kappa shape index (κ3) is 6.53. The van der Waals surface area contributed by atoms with Crippen molar-refractivity contribution in [2.75, 3.05) is 19.1 Å². The maximum atomic E-state index is 5.54. The van der Waals surface area contributed by atoms with Crippen LogP contribution < -0.4 is 0 Å². The van der Waals surface area contributed by atoms with Gasteiger partial charge in [-0.2, -0.15) is 0 Å². The van der Waals surface area contributed by atoms with Gasteiger partial charge in [0.05, 0.1) is 0 Å². The van der Waals surface area contributed by atoms with E-state index in [1.807, 2.05) is 0 Å². The number of benzene rings is 1. The number of aryl methyl sites for hydroxylation is 1. The summed E-state index contributed by atoms with van der Waals surface area (Å²) in [5.74, 6) is 0.698. The third-order valence-electron chi connectivity index (χ3n) is 2.27. The zero-order valence-electron chi connectivity index (χ0n) is 9.12. The highest BCUT2D eigenvalue weighted by molar-refractivity contribution is 6.17. The molecule has 84 valence electrons. The molecule has 15 heavy (non-hydrogen) atoms. The lowest BCUT2D eigenvalue weighted by Crippen LogP contribution is -1.98. The summed E-state index contributed by atoms with van der Waals surface area (Å²) in [4.78, 5) is 0. The van der Waals surface area contributed by atoms with Crippen molar-refractivity contribution < 1.29 is 4.74 Å². The SMILES string of the molecule is ClCCCOCCCCc1ccccc1. The number of hydrogen-bond donors (Lipinski definition) is 0. The van der Waals surface area contributed by atoms with Gasteiger partial charge in [0.15, 0.2) is 0 Å². The van der Waals surface area contributed by atoms with E-state index in [9.17, 15) is 0 Å². The Kier molecular flexibility index (Phi) is 7.32. The fourth-order valence-electron chi connectivity index (χ4n) is 1.44. The van der Waals surface area contributed by atoms with E-state index in [4.69, 9.17) is 16.3 Å². The Bertz CT molecular complexity index is 236. The van der Waals surface area contributed by atoms with Crippen LogP contribution in [-0.4, -0.2) is 19.1 Å². The minimum absolute atomic E-state index is 0.698. The van der Waals surface area contributed by atoms with E-state index in [1.54, 1.807) is 0 Å². The number of ether oxygens (including phenoxy) is 1. The van der Waals surface area contributed by atoms with Gasteiger partial charge in [-0.1, -0.05) is 30.3 Å². The number of rotatable bonds is 8. The fraction of sp³-hybridized carbons (Fsp3) is 0.538. The van der Waals surface area contributed by atoms with E-state index < -0.39 is 0 Å². The van der Waals surface area contributed by atoms with Gasteiger partial charge in [0.1, 0.15) is 0 Å². The Hall–Kier alpha value is -0.530. The van der Waals surface area contributed by atoms with Crippen LogP contribution >= 0.6 is 11.6 Å². The van der Waals surface area contributed by atoms with Gasteiger partial charge in [0, 0.05) is 19.1 Å². The Morgan fingerprint density at radius 3 is 2.40 bits per heavy atom. The molecule has 1 aromatic carbocycles. The largest absolute Gasteiger partial charge is 0.381 e. The third-order valence-corrected chi connectivity index (χ3v) is 2.54. The standard InChI is InChI=1S/C13H19ClO/c14-10-6-12-15-11-5-4-9-13-7-2-1-3-8-13/h1-3,7-8H,4-6,9-12H2. The van der Waals surface area contributed by atoms with Crippen molar-refractivity contribution in [1.29, 1.82) is 0 Å². The van der Waals surface area contributed by atoms with Gasteiger partial charge >= 0.3 is 0 Å². The van der Waals surface area contributed by atoms with Gasteiger partial charge in [-0.3, -0.25) is 0 Å². The molecule has 0 aliphatic rings. The first kappa shape index (κ1) is 12.5. The van der Waals surface area contributed by atoms with E-state index in [0.29, 0.717) is 5.88 Å². The van der Waals surface area contributed by atoms with Crippen LogP contribution in [0.3, 0.4) is 0 Å². The summed E-state index contributed by atoms with van der Waals surface area (Å²) in [7, 11) is 0. The monoisotopic (exact) mass is 226 g/mol. The average molecular weight is 227 g/mol. The van der Waals surface area contributed by atoms with E-state index in [0.717, 1.165) is 32.5 Å². The minimum Gasteiger partial charge on any atom is -0.381 e. The molecule has 0 aliphatic carbocycles. The fourth-order valence-corrected chi connectivity index (χ4v) is 1.55. The zero-order chi connectivity index (χ0) is 10.8. The lowest BCUT2D eigenvalue weighted by molar-refractivity contribution is 0.131. The van der Waals surface area contributed by atoms with E-state index >= 15 is 0 Å². The molecule has 0 saturated heterocycles. The smallest absolute Gasteiger partial charge is 0.0477 e. The lowest BCUT2D eigenvalue weighted by atomic mass is 10.1.